The highest BCUT2D eigenvalue weighted by atomic mass is 32.2. The van der Waals surface area contributed by atoms with Crippen molar-refractivity contribution in [1.29, 1.82) is 0 Å². The van der Waals surface area contributed by atoms with Gasteiger partial charge >= 0.3 is 5.97 Å². The molecule has 0 radical (unpaired) electrons. The zero-order chi connectivity index (χ0) is 23.3. The topological polar surface area (TPSA) is 82.1 Å². The molecule has 0 N–H and O–H groups in total. The number of carbonyl (C=O) groups excluding carboxylic acids is 1. The van der Waals surface area contributed by atoms with E-state index in [1.807, 2.05) is 48.5 Å². The molecule has 1 aliphatic rings. The van der Waals surface area contributed by atoms with Crippen molar-refractivity contribution in [3.8, 4) is 11.5 Å². The lowest BCUT2D eigenvalue weighted by Crippen LogP contribution is -2.40. The number of benzene rings is 3. The highest BCUT2D eigenvalue weighted by molar-refractivity contribution is 7.89. The maximum absolute atomic E-state index is 12.9. The molecule has 172 valence electrons. The maximum atomic E-state index is 12.9. The van der Waals surface area contributed by atoms with Gasteiger partial charge in [-0.3, -0.25) is 0 Å². The first kappa shape index (κ1) is 23.0. The molecular formula is C25H25NO6S. The summed E-state index contributed by atoms with van der Waals surface area (Å²) < 4.78 is 43.8. The molecule has 7 nitrogen and oxygen atoms in total. The summed E-state index contributed by atoms with van der Waals surface area (Å²) in [5.41, 5.74) is 1.62. The van der Waals surface area contributed by atoms with Gasteiger partial charge in [-0.05, 0) is 54.4 Å². The van der Waals surface area contributed by atoms with Crippen molar-refractivity contribution in [1.82, 2.24) is 4.31 Å². The number of aryl methyl sites for hydroxylation is 1. The third kappa shape index (κ3) is 5.60. The summed E-state index contributed by atoms with van der Waals surface area (Å²) >= 11 is 0. The van der Waals surface area contributed by atoms with Crippen LogP contribution in [0.15, 0.2) is 77.7 Å². The van der Waals surface area contributed by atoms with Crippen LogP contribution >= 0.6 is 0 Å². The molecule has 1 aliphatic heterocycles. The lowest BCUT2D eigenvalue weighted by Gasteiger charge is -2.26. The number of esters is 1. The Balaban J connectivity index is 1.46. The highest BCUT2D eigenvalue weighted by Gasteiger charge is 2.27. The van der Waals surface area contributed by atoms with Gasteiger partial charge in [0.1, 0.15) is 18.1 Å². The summed E-state index contributed by atoms with van der Waals surface area (Å²) in [6, 6.07) is 21.2. The summed E-state index contributed by atoms with van der Waals surface area (Å²) in [4.78, 5) is 12.9. The normalized spacial score (nSPS) is 14.6. The van der Waals surface area contributed by atoms with Crippen LogP contribution in [0.4, 0.5) is 0 Å². The van der Waals surface area contributed by atoms with Gasteiger partial charge in [0.2, 0.25) is 10.0 Å². The molecule has 4 rings (SSSR count). The summed E-state index contributed by atoms with van der Waals surface area (Å²) in [7, 11) is -3.71. The van der Waals surface area contributed by atoms with Gasteiger partial charge < -0.3 is 14.2 Å². The first-order chi connectivity index (χ1) is 15.9. The van der Waals surface area contributed by atoms with Gasteiger partial charge in [-0.25, -0.2) is 13.2 Å². The van der Waals surface area contributed by atoms with Gasteiger partial charge in [0, 0.05) is 13.1 Å². The number of morpholine rings is 1. The molecule has 0 aromatic heterocycles. The first-order valence-corrected chi connectivity index (χ1v) is 12.0. The van der Waals surface area contributed by atoms with E-state index >= 15 is 0 Å². The fourth-order valence-corrected chi connectivity index (χ4v) is 4.90. The number of carbonyl (C=O) groups is 1. The molecule has 0 spiro atoms. The Bertz CT molecular complexity index is 1220. The summed E-state index contributed by atoms with van der Waals surface area (Å²) in [6.45, 7) is 3.07. The van der Waals surface area contributed by atoms with Crippen LogP contribution in [0.5, 0.6) is 11.5 Å². The van der Waals surface area contributed by atoms with E-state index in [2.05, 4.69) is 0 Å². The number of hydrogen-bond donors (Lipinski definition) is 0. The van der Waals surface area contributed by atoms with Gasteiger partial charge in [0.05, 0.1) is 23.7 Å². The zero-order valence-corrected chi connectivity index (χ0v) is 19.1. The molecule has 0 bridgehead atoms. The molecule has 0 saturated carbocycles. The van der Waals surface area contributed by atoms with E-state index < -0.39 is 16.0 Å². The molecule has 0 unspecified atom stereocenters. The minimum Gasteiger partial charge on any atom is -0.457 e. The van der Waals surface area contributed by atoms with Crippen LogP contribution < -0.4 is 4.74 Å². The lowest BCUT2D eigenvalue weighted by molar-refractivity contribution is 0.0471. The largest absolute Gasteiger partial charge is 0.457 e. The quantitative estimate of drug-likeness (QED) is 0.485. The van der Waals surface area contributed by atoms with Crippen molar-refractivity contribution in [2.75, 3.05) is 26.3 Å². The zero-order valence-electron chi connectivity index (χ0n) is 18.3. The second kappa shape index (κ2) is 10.2. The van der Waals surface area contributed by atoms with Crippen LogP contribution in [0.3, 0.4) is 0 Å². The molecule has 0 aliphatic carbocycles. The predicted molar refractivity (Wildman–Crippen MR) is 123 cm³/mol. The van der Waals surface area contributed by atoms with E-state index in [1.165, 1.54) is 16.4 Å². The molecule has 3 aromatic rings. The van der Waals surface area contributed by atoms with Crippen LogP contribution in [-0.4, -0.2) is 45.0 Å². The van der Waals surface area contributed by atoms with E-state index in [9.17, 15) is 13.2 Å². The number of rotatable bonds is 7. The number of ether oxygens (including phenoxy) is 3. The van der Waals surface area contributed by atoms with E-state index in [-0.39, 0.29) is 30.2 Å². The highest BCUT2D eigenvalue weighted by Crippen LogP contribution is 2.24. The van der Waals surface area contributed by atoms with Gasteiger partial charge in [0.15, 0.2) is 0 Å². The molecular weight excluding hydrogens is 442 g/mol. The smallest absolute Gasteiger partial charge is 0.338 e. The van der Waals surface area contributed by atoms with Gasteiger partial charge in [-0.1, -0.05) is 36.4 Å². The van der Waals surface area contributed by atoms with Crippen molar-refractivity contribution in [3.05, 3.63) is 89.5 Å². The minimum atomic E-state index is -3.71. The average molecular weight is 468 g/mol. The van der Waals surface area contributed by atoms with Crippen molar-refractivity contribution >= 4 is 16.0 Å². The molecule has 1 heterocycles. The Morgan fingerprint density at radius 1 is 0.939 bits per heavy atom. The van der Waals surface area contributed by atoms with Crippen LogP contribution in [-0.2, 0) is 26.1 Å². The third-order valence-electron chi connectivity index (χ3n) is 5.28. The van der Waals surface area contributed by atoms with Crippen LogP contribution in [0, 0.1) is 6.92 Å². The van der Waals surface area contributed by atoms with E-state index in [0.717, 1.165) is 5.56 Å². The Morgan fingerprint density at radius 3 is 2.42 bits per heavy atom. The monoisotopic (exact) mass is 467 g/mol. The van der Waals surface area contributed by atoms with E-state index in [1.54, 1.807) is 19.1 Å². The van der Waals surface area contributed by atoms with Gasteiger partial charge in [-0.2, -0.15) is 4.31 Å². The number of sulfonamides is 1. The molecule has 1 fully saturated rings. The third-order valence-corrected chi connectivity index (χ3v) is 7.18. The van der Waals surface area contributed by atoms with E-state index in [4.69, 9.17) is 14.2 Å². The maximum Gasteiger partial charge on any atom is 0.338 e. The second-order valence-electron chi connectivity index (χ2n) is 7.63. The van der Waals surface area contributed by atoms with Gasteiger partial charge in [0.25, 0.3) is 0 Å². The summed E-state index contributed by atoms with van der Waals surface area (Å²) in [5.74, 6) is 0.756. The Morgan fingerprint density at radius 2 is 1.67 bits per heavy atom. The van der Waals surface area contributed by atoms with Crippen molar-refractivity contribution in [3.63, 3.8) is 0 Å². The number of nitrogens with zero attached hydrogens (tertiary/aromatic N) is 1. The Hall–Kier alpha value is -3.20. The van der Waals surface area contributed by atoms with E-state index in [0.29, 0.717) is 30.3 Å². The molecule has 1 saturated heterocycles. The molecule has 0 amide bonds. The molecule has 8 heteroatoms. The average Bonchev–Trinajstić information content (AvgIpc) is 2.84. The summed E-state index contributed by atoms with van der Waals surface area (Å²) in [5, 5.41) is 0. The van der Waals surface area contributed by atoms with Crippen molar-refractivity contribution in [2.24, 2.45) is 0 Å². The van der Waals surface area contributed by atoms with Crippen LogP contribution in [0.2, 0.25) is 0 Å². The fourth-order valence-electron chi connectivity index (χ4n) is 3.47. The van der Waals surface area contributed by atoms with Crippen LogP contribution in [0.1, 0.15) is 21.5 Å². The fraction of sp³-hybridized carbons (Fsp3) is 0.240. The molecule has 0 atom stereocenters. The van der Waals surface area contributed by atoms with Crippen molar-refractivity contribution in [2.45, 2.75) is 18.4 Å². The number of hydrogen-bond acceptors (Lipinski definition) is 6. The summed E-state index contributed by atoms with van der Waals surface area (Å²) in [6.07, 6.45) is 0. The predicted octanol–water partition coefficient (Wildman–Crippen LogP) is 4.17. The molecule has 33 heavy (non-hydrogen) atoms. The Kier molecular flexibility index (Phi) is 7.08. The lowest BCUT2D eigenvalue weighted by atomic mass is 10.1. The minimum absolute atomic E-state index is 0.0324. The Labute approximate surface area is 193 Å². The van der Waals surface area contributed by atoms with Crippen LogP contribution in [0.25, 0.3) is 0 Å². The standard InChI is InChI=1S/C25H25NO6S/c1-19-10-11-23(33(28,29)26-12-14-30-15-13-26)17-24(19)25(27)31-18-20-6-5-9-22(16-20)32-21-7-3-2-4-8-21/h2-11,16-17H,12-15,18H2,1H3. The molecule has 3 aromatic carbocycles. The van der Waals surface area contributed by atoms with Crippen molar-refractivity contribution < 1.29 is 27.4 Å². The SMILES string of the molecule is Cc1ccc(S(=O)(=O)N2CCOCC2)cc1C(=O)OCc1cccc(Oc2ccccc2)c1. The van der Waals surface area contributed by atoms with Gasteiger partial charge in [-0.15, -0.1) is 0 Å². The number of para-hydroxylation sites is 1. The first-order valence-electron chi connectivity index (χ1n) is 10.6. The second-order valence-corrected chi connectivity index (χ2v) is 9.57.